The van der Waals surface area contributed by atoms with Crippen molar-refractivity contribution in [3.8, 4) is 5.75 Å². The van der Waals surface area contributed by atoms with Gasteiger partial charge in [0.05, 0.1) is 0 Å². The maximum Gasteiger partial charge on any atom is 0.320 e. The van der Waals surface area contributed by atoms with Crippen molar-refractivity contribution < 1.29 is 15.0 Å². The molecule has 0 aromatic heterocycles. The summed E-state index contributed by atoms with van der Waals surface area (Å²) in [4.78, 5) is 10.4. The first-order valence-corrected chi connectivity index (χ1v) is 6.84. The lowest BCUT2D eigenvalue weighted by molar-refractivity contribution is -0.138. The molecule has 0 amide bonds. The quantitative estimate of drug-likeness (QED) is 0.809. The second-order valence-electron chi connectivity index (χ2n) is 5.17. The molecule has 0 heterocycles. The van der Waals surface area contributed by atoms with Gasteiger partial charge in [-0.15, -0.1) is 0 Å². The minimum Gasteiger partial charge on any atom is -0.508 e. The highest BCUT2D eigenvalue weighted by Gasteiger charge is 2.25. The van der Waals surface area contributed by atoms with E-state index >= 15 is 0 Å². The average Bonchev–Trinajstić information content (AvgIpc) is 3.13. The molecule has 21 heavy (non-hydrogen) atoms. The summed E-state index contributed by atoms with van der Waals surface area (Å²) in [5.74, 6) is -0.0919. The van der Waals surface area contributed by atoms with Gasteiger partial charge >= 0.3 is 5.97 Å². The van der Waals surface area contributed by atoms with Crippen LogP contribution in [0.5, 0.6) is 5.75 Å². The van der Waals surface area contributed by atoms with Gasteiger partial charge in [-0.25, -0.2) is 0 Å². The summed E-state index contributed by atoms with van der Waals surface area (Å²) < 4.78 is 0. The Morgan fingerprint density at radius 3 is 2.10 bits per heavy atom. The number of hydrogen-bond acceptors (Lipinski definition) is 3. The Hall–Kier alpha value is -2.33. The van der Waals surface area contributed by atoms with Crippen LogP contribution in [0.2, 0.25) is 0 Å². The summed E-state index contributed by atoms with van der Waals surface area (Å²) in [6.45, 7) is 2.24. The first kappa shape index (κ1) is 15.1. The summed E-state index contributed by atoms with van der Waals surface area (Å²) in [5.41, 5.74) is 9.19. The maximum atomic E-state index is 10.4. The van der Waals surface area contributed by atoms with E-state index in [-0.39, 0.29) is 12.2 Å². The van der Waals surface area contributed by atoms with Gasteiger partial charge in [0.1, 0.15) is 11.8 Å². The summed E-state index contributed by atoms with van der Waals surface area (Å²) in [5, 5.41) is 17.5. The Morgan fingerprint density at radius 1 is 1.14 bits per heavy atom. The van der Waals surface area contributed by atoms with Gasteiger partial charge in [-0.05, 0) is 35.2 Å². The highest BCUT2D eigenvalue weighted by atomic mass is 16.4. The lowest BCUT2D eigenvalue weighted by Gasteiger charge is -2.05. The Labute approximate surface area is 123 Å². The van der Waals surface area contributed by atoms with Crippen LogP contribution < -0.4 is 5.73 Å². The number of fused-ring (bicyclic) bond motifs is 1. The van der Waals surface area contributed by atoms with Crippen LogP contribution in [0.4, 0.5) is 0 Å². The molecule has 0 saturated carbocycles. The molecule has 0 spiro atoms. The number of aliphatic carboxylic acids is 1. The van der Waals surface area contributed by atoms with E-state index in [1.165, 1.54) is 23.3 Å². The van der Waals surface area contributed by atoms with Crippen molar-refractivity contribution in [2.75, 3.05) is 0 Å². The van der Waals surface area contributed by atoms with Crippen LogP contribution in [-0.4, -0.2) is 22.2 Å². The highest BCUT2D eigenvalue weighted by molar-refractivity contribution is 5.73. The van der Waals surface area contributed by atoms with Gasteiger partial charge in [-0.1, -0.05) is 43.3 Å². The van der Waals surface area contributed by atoms with Gasteiger partial charge in [-0.2, -0.15) is 0 Å². The van der Waals surface area contributed by atoms with Gasteiger partial charge in [0, 0.05) is 5.92 Å². The first-order chi connectivity index (χ1) is 9.99. The van der Waals surface area contributed by atoms with Crippen molar-refractivity contribution in [3.05, 3.63) is 65.2 Å². The van der Waals surface area contributed by atoms with Crippen LogP contribution in [0.3, 0.4) is 0 Å². The van der Waals surface area contributed by atoms with Gasteiger partial charge < -0.3 is 15.9 Å². The van der Waals surface area contributed by atoms with E-state index < -0.39 is 12.0 Å². The fourth-order valence-corrected chi connectivity index (χ4v) is 2.15. The maximum absolute atomic E-state index is 10.4. The van der Waals surface area contributed by atoms with Gasteiger partial charge in [-0.3, -0.25) is 4.79 Å². The molecule has 2 aromatic carbocycles. The smallest absolute Gasteiger partial charge is 0.320 e. The van der Waals surface area contributed by atoms with E-state index in [0.29, 0.717) is 0 Å². The highest BCUT2D eigenvalue weighted by Crippen LogP contribution is 2.41. The van der Waals surface area contributed by atoms with Crippen molar-refractivity contribution >= 4 is 5.97 Å². The zero-order valence-electron chi connectivity index (χ0n) is 11.9. The largest absolute Gasteiger partial charge is 0.508 e. The molecule has 1 atom stereocenters. The van der Waals surface area contributed by atoms with Crippen LogP contribution in [0.1, 0.15) is 29.5 Å². The molecule has 3 rings (SSSR count). The first-order valence-electron chi connectivity index (χ1n) is 6.84. The average molecular weight is 285 g/mol. The fourth-order valence-electron chi connectivity index (χ4n) is 2.15. The van der Waals surface area contributed by atoms with E-state index in [0.717, 1.165) is 11.5 Å². The van der Waals surface area contributed by atoms with Crippen molar-refractivity contribution in [1.29, 1.82) is 0 Å². The number of rotatable bonds is 3. The molecule has 4 heteroatoms. The molecule has 0 radical (unpaired) electrons. The third kappa shape index (κ3) is 4.07. The van der Waals surface area contributed by atoms with Crippen molar-refractivity contribution in [3.63, 3.8) is 0 Å². The van der Waals surface area contributed by atoms with E-state index in [1.807, 2.05) is 0 Å². The Bertz CT molecular complexity index is 599. The molecular formula is C17H19NO3. The Balaban J connectivity index is 0.000000170. The van der Waals surface area contributed by atoms with E-state index in [2.05, 4.69) is 31.2 Å². The zero-order chi connectivity index (χ0) is 15.4. The van der Waals surface area contributed by atoms with Crippen LogP contribution in [-0.2, 0) is 11.2 Å². The molecule has 1 aliphatic rings. The third-order valence-corrected chi connectivity index (χ3v) is 3.55. The molecule has 4 nitrogen and oxygen atoms in total. The molecule has 1 aliphatic carbocycles. The number of phenols is 1. The lowest BCUT2D eigenvalue weighted by atomic mass is 10.1. The van der Waals surface area contributed by atoms with Crippen LogP contribution in [0.15, 0.2) is 48.5 Å². The SMILES string of the molecule is CC1c2ccccc21.N[C@@H](Cc1ccc(O)cc1)C(=O)O. The second-order valence-corrected chi connectivity index (χ2v) is 5.17. The Morgan fingerprint density at radius 2 is 1.67 bits per heavy atom. The zero-order valence-corrected chi connectivity index (χ0v) is 11.9. The molecule has 0 bridgehead atoms. The molecule has 110 valence electrons. The molecule has 0 fully saturated rings. The summed E-state index contributed by atoms with van der Waals surface area (Å²) in [6.07, 6.45) is 0.273. The van der Waals surface area contributed by atoms with Crippen LogP contribution >= 0.6 is 0 Å². The fraction of sp³-hybridized carbons (Fsp3) is 0.235. The monoisotopic (exact) mass is 285 g/mol. The van der Waals surface area contributed by atoms with E-state index in [1.54, 1.807) is 12.1 Å². The molecule has 0 unspecified atom stereocenters. The number of aromatic hydroxyl groups is 1. The molecule has 0 saturated heterocycles. The molecule has 2 aromatic rings. The summed E-state index contributed by atoms with van der Waals surface area (Å²) in [7, 11) is 0. The lowest BCUT2D eigenvalue weighted by Crippen LogP contribution is -2.32. The standard InChI is InChI=1S/C9H11NO3.C8H8/c10-8(9(12)13)5-6-1-3-7(11)4-2-6;1-6-7-4-2-3-5-8(6)7/h1-4,8,11H,5,10H2,(H,12,13);2-6H,1H3/t8-;/m0./s1. The van der Waals surface area contributed by atoms with Gasteiger partial charge in [0.25, 0.3) is 0 Å². The van der Waals surface area contributed by atoms with Crippen molar-refractivity contribution in [2.24, 2.45) is 5.73 Å². The van der Waals surface area contributed by atoms with Crippen LogP contribution in [0, 0.1) is 0 Å². The number of carboxylic acid groups (broad SMARTS) is 1. The van der Waals surface area contributed by atoms with Gasteiger partial charge in [0.15, 0.2) is 0 Å². The molecule has 4 N–H and O–H groups in total. The van der Waals surface area contributed by atoms with E-state index in [9.17, 15) is 4.79 Å². The predicted molar refractivity (Wildman–Crippen MR) is 81.4 cm³/mol. The summed E-state index contributed by atoms with van der Waals surface area (Å²) in [6, 6.07) is 14.0. The molecule has 0 aliphatic heterocycles. The topological polar surface area (TPSA) is 83.5 Å². The van der Waals surface area contributed by atoms with Gasteiger partial charge in [0.2, 0.25) is 0 Å². The Kier molecular flexibility index (Phi) is 4.60. The summed E-state index contributed by atoms with van der Waals surface area (Å²) >= 11 is 0. The number of carboxylic acids is 1. The normalized spacial score (nSPS) is 13.6. The number of nitrogens with two attached hydrogens (primary N) is 1. The number of benzene rings is 2. The predicted octanol–water partition coefficient (Wildman–Crippen LogP) is 2.50. The third-order valence-electron chi connectivity index (χ3n) is 3.55. The number of hydrogen-bond donors (Lipinski definition) is 3. The minimum absolute atomic E-state index is 0.160. The number of phenolic OH excluding ortho intramolecular Hbond substituents is 1. The van der Waals surface area contributed by atoms with Crippen LogP contribution in [0.25, 0.3) is 0 Å². The van der Waals surface area contributed by atoms with Crippen molar-refractivity contribution in [2.45, 2.75) is 25.3 Å². The minimum atomic E-state index is -1.02. The van der Waals surface area contributed by atoms with Crippen molar-refractivity contribution in [1.82, 2.24) is 0 Å². The second kappa shape index (κ2) is 6.41. The molecular weight excluding hydrogens is 266 g/mol. The number of carbonyl (C=O) groups is 1. The van der Waals surface area contributed by atoms with E-state index in [4.69, 9.17) is 15.9 Å².